The second-order valence-electron chi connectivity index (χ2n) is 4.64. The van der Waals surface area contributed by atoms with Crippen molar-refractivity contribution in [3.05, 3.63) is 27.9 Å². The highest BCUT2D eigenvalue weighted by molar-refractivity contribution is 8.04. The molecule has 0 aromatic carbocycles. The van der Waals surface area contributed by atoms with Gasteiger partial charge in [0.2, 0.25) is 17.5 Å². The summed E-state index contributed by atoms with van der Waals surface area (Å²) >= 11 is 1.17. The minimum absolute atomic E-state index is 0.0573. The van der Waals surface area contributed by atoms with Crippen molar-refractivity contribution in [3.63, 3.8) is 0 Å². The fraction of sp³-hybridized carbons (Fsp3) is 0.438. The number of ketones is 2. The van der Waals surface area contributed by atoms with Gasteiger partial charge < -0.3 is 10.1 Å². The van der Waals surface area contributed by atoms with Gasteiger partial charge in [-0.3, -0.25) is 19.5 Å². The van der Waals surface area contributed by atoms with Crippen LogP contribution in [0.1, 0.15) is 58.0 Å². The highest BCUT2D eigenvalue weighted by Crippen LogP contribution is 2.30. The van der Waals surface area contributed by atoms with E-state index < -0.39 is 17.5 Å². The van der Waals surface area contributed by atoms with Crippen molar-refractivity contribution >= 4 is 35.2 Å². The molecule has 0 spiro atoms. The first-order valence-corrected chi connectivity index (χ1v) is 8.79. The number of methoxy groups -OCH3 is 1. The van der Waals surface area contributed by atoms with Crippen molar-refractivity contribution in [2.24, 2.45) is 0 Å². The molecular weight excluding hydrogens is 346 g/mol. The van der Waals surface area contributed by atoms with Gasteiger partial charge in [0.05, 0.1) is 17.6 Å². The summed E-state index contributed by atoms with van der Waals surface area (Å²) in [5.41, 5.74) is -0.263. The van der Waals surface area contributed by atoms with Crippen molar-refractivity contribution < 1.29 is 23.9 Å². The summed E-state index contributed by atoms with van der Waals surface area (Å²) in [6.07, 6.45) is 2.10. The molecule has 9 heteroatoms. The zero-order valence-corrected chi connectivity index (χ0v) is 15.4. The molecule has 0 bridgehead atoms. The van der Waals surface area contributed by atoms with Gasteiger partial charge in [-0.1, -0.05) is 13.8 Å². The predicted molar refractivity (Wildman–Crippen MR) is 93.8 cm³/mol. The minimum Gasteiger partial charge on any atom is -0.464 e. The molecule has 0 atom stereocenters. The number of rotatable bonds is 6. The van der Waals surface area contributed by atoms with Crippen LogP contribution in [0.4, 0.5) is 0 Å². The molecule has 1 aliphatic carbocycles. The standard InChI is InChI=1S/C14H15N3O5S.C2H6/c1-15-9(19)4-3-5-23-8-6-7(18)11-10(13(8)20)12(17-16-11)14(21)22-2;1-2/h6H,3-5H2,1-2H3,(H,15,19)(H,16,17);1-2H3. The van der Waals surface area contributed by atoms with Gasteiger partial charge in [-0.15, -0.1) is 11.8 Å². The third-order valence-electron chi connectivity index (χ3n) is 3.19. The van der Waals surface area contributed by atoms with Gasteiger partial charge in [-0.05, 0) is 12.2 Å². The molecule has 1 heterocycles. The first-order chi connectivity index (χ1) is 12.0. The van der Waals surface area contributed by atoms with E-state index in [2.05, 4.69) is 20.3 Å². The lowest BCUT2D eigenvalue weighted by Crippen LogP contribution is -2.19. The van der Waals surface area contributed by atoms with E-state index in [4.69, 9.17) is 0 Å². The molecular formula is C16H21N3O5S. The van der Waals surface area contributed by atoms with Crippen LogP contribution in [-0.2, 0) is 9.53 Å². The third kappa shape index (κ3) is 4.79. The number of aromatic amines is 1. The highest BCUT2D eigenvalue weighted by atomic mass is 32.2. The average molecular weight is 367 g/mol. The molecule has 25 heavy (non-hydrogen) atoms. The van der Waals surface area contributed by atoms with Crippen LogP contribution in [0.2, 0.25) is 0 Å². The number of ether oxygens (including phenoxy) is 1. The SMILES string of the molecule is CC.CNC(=O)CCCSC1=CC(=O)c2n[nH]c(C(=O)OC)c2C1=O. The van der Waals surface area contributed by atoms with Crippen LogP contribution in [0.15, 0.2) is 11.0 Å². The molecule has 0 aliphatic heterocycles. The average Bonchev–Trinajstić information content (AvgIpc) is 3.09. The van der Waals surface area contributed by atoms with Gasteiger partial charge >= 0.3 is 5.97 Å². The Hall–Kier alpha value is -2.42. The second kappa shape index (κ2) is 9.77. The number of Topliss-reactive ketones (excluding diaryl/α,β-unsaturated/α-hetero) is 1. The van der Waals surface area contributed by atoms with E-state index in [1.54, 1.807) is 7.05 Å². The first kappa shape index (κ1) is 20.6. The van der Waals surface area contributed by atoms with Gasteiger partial charge in [0.1, 0.15) is 5.69 Å². The van der Waals surface area contributed by atoms with Crippen molar-refractivity contribution in [3.8, 4) is 0 Å². The third-order valence-corrected chi connectivity index (χ3v) is 4.29. The van der Waals surface area contributed by atoms with Crippen LogP contribution in [-0.4, -0.2) is 53.6 Å². The molecule has 1 amide bonds. The number of carbonyl (C=O) groups excluding carboxylic acids is 4. The topological polar surface area (TPSA) is 118 Å². The lowest BCUT2D eigenvalue weighted by atomic mass is 9.99. The number of amides is 1. The molecule has 1 aliphatic rings. The van der Waals surface area contributed by atoms with Crippen molar-refractivity contribution in [1.29, 1.82) is 0 Å². The van der Waals surface area contributed by atoms with E-state index in [0.29, 0.717) is 18.6 Å². The highest BCUT2D eigenvalue weighted by Gasteiger charge is 2.34. The number of nitrogens with zero attached hydrogens (tertiary/aromatic N) is 1. The van der Waals surface area contributed by atoms with Crippen LogP contribution in [0.3, 0.4) is 0 Å². The lowest BCUT2D eigenvalue weighted by Gasteiger charge is -2.11. The number of thioether (sulfide) groups is 1. The summed E-state index contributed by atoms with van der Waals surface area (Å²) in [6, 6.07) is 0. The zero-order chi connectivity index (χ0) is 19.0. The fourth-order valence-electron chi connectivity index (χ4n) is 2.01. The molecule has 0 unspecified atom stereocenters. The Balaban J connectivity index is 0.00000151. The summed E-state index contributed by atoms with van der Waals surface area (Å²) in [4.78, 5) is 47.5. The number of nitrogens with one attached hydrogen (secondary N) is 2. The van der Waals surface area contributed by atoms with E-state index in [0.717, 1.165) is 0 Å². The number of fused-ring (bicyclic) bond motifs is 1. The van der Waals surface area contributed by atoms with Gasteiger partial charge in [-0.2, -0.15) is 5.10 Å². The molecule has 2 N–H and O–H groups in total. The van der Waals surface area contributed by atoms with Crippen LogP contribution in [0.5, 0.6) is 0 Å². The molecule has 136 valence electrons. The first-order valence-electron chi connectivity index (χ1n) is 7.80. The van der Waals surface area contributed by atoms with Crippen LogP contribution in [0.25, 0.3) is 0 Å². The number of hydrogen-bond acceptors (Lipinski definition) is 7. The second-order valence-corrected chi connectivity index (χ2v) is 5.78. The maximum absolute atomic E-state index is 12.5. The van der Waals surface area contributed by atoms with Crippen LogP contribution in [0, 0.1) is 0 Å². The predicted octanol–water partition coefficient (Wildman–Crippen LogP) is 1.74. The molecule has 0 saturated carbocycles. The van der Waals surface area contributed by atoms with Crippen molar-refractivity contribution in [2.75, 3.05) is 19.9 Å². The van der Waals surface area contributed by atoms with E-state index in [-0.39, 0.29) is 27.8 Å². The molecule has 0 saturated heterocycles. The number of hydrogen-bond donors (Lipinski definition) is 2. The Bertz CT molecular complexity index is 709. The Labute approximate surface area is 149 Å². The van der Waals surface area contributed by atoms with Gasteiger partial charge in [0.15, 0.2) is 5.69 Å². The summed E-state index contributed by atoms with van der Waals surface area (Å²) in [6.45, 7) is 4.00. The fourth-order valence-corrected chi connectivity index (χ4v) is 2.95. The molecule has 2 rings (SSSR count). The molecule has 1 aromatic rings. The molecule has 8 nitrogen and oxygen atoms in total. The normalized spacial score (nSPS) is 12.6. The largest absolute Gasteiger partial charge is 0.464 e. The molecule has 0 radical (unpaired) electrons. The maximum Gasteiger partial charge on any atom is 0.356 e. The van der Waals surface area contributed by atoms with Crippen LogP contribution >= 0.6 is 11.8 Å². The van der Waals surface area contributed by atoms with Crippen molar-refractivity contribution in [1.82, 2.24) is 15.5 Å². The number of aromatic nitrogens is 2. The van der Waals surface area contributed by atoms with E-state index in [9.17, 15) is 19.2 Å². The van der Waals surface area contributed by atoms with Gasteiger partial charge in [0, 0.05) is 19.5 Å². The van der Waals surface area contributed by atoms with E-state index >= 15 is 0 Å². The van der Waals surface area contributed by atoms with Gasteiger partial charge in [0.25, 0.3) is 0 Å². The number of allylic oxidation sites excluding steroid dienone is 2. The monoisotopic (exact) mass is 367 g/mol. The summed E-state index contributed by atoms with van der Waals surface area (Å²) in [5.74, 6) is -1.24. The maximum atomic E-state index is 12.5. The summed E-state index contributed by atoms with van der Waals surface area (Å²) in [5, 5.41) is 8.60. The lowest BCUT2D eigenvalue weighted by molar-refractivity contribution is -0.120. The molecule has 0 fully saturated rings. The summed E-state index contributed by atoms with van der Waals surface area (Å²) < 4.78 is 4.57. The Kier molecular flexibility index (Phi) is 8.06. The number of carbonyl (C=O) groups is 4. The van der Waals surface area contributed by atoms with Crippen molar-refractivity contribution in [2.45, 2.75) is 26.7 Å². The number of H-pyrrole nitrogens is 1. The Morgan fingerprint density at radius 3 is 2.60 bits per heavy atom. The molecule has 1 aromatic heterocycles. The summed E-state index contributed by atoms with van der Waals surface area (Å²) in [7, 11) is 2.73. The zero-order valence-electron chi connectivity index (χ0n) is 14.6. The smallest absolute Gasteiger partial charge is 0.356 e. The van der Waals surface area contributed by atoms with Crippen LogP contribution < -0.4 is 5.32 Å². The van der Waals surface area contributed by atoms with E-state index in [1.165, 1.54) is 24.9 Å². The minimum atomic E-state index is -0.759. The Morgan fingerprint density at radius 2 is 2.00 bits per heavy atom. The van der Waals surface area contributed by atoms with E-state index in [1.807, 2.05) is 13.8 Å². The van der Waals surface area contributed by atoms with Gasteiger partial charge in [-0.25, -0.2) is 4.79 Å². The Morgan fingerprint density at radius 1 is 1.32 bits per heavy atom. The quantitative estimate of drug-likeness (QED) is 0.581. The number of esters is 1.